The van der Waals surface area contributed by atoms with Crippen LogP contribution in [0.15, 0.2) is 85.1 Å². The van der Waals surface area contributed by atoms with Crippen LogP contribution in [0, 0.1) is 5.82 Å². The Labute approximate surface area is 241 Å². The zero-order valence-corrected chi connectivity index (χ0v) is 22.8. The van der Waals surface area contributed by atoms with E-state index >= 15 is 0 Å². The van der Waals surface area contributed by atoms with E-state index in [1.165, 1.54) is 12.1 Å². The maximum atomic E-state index is 13.1. The Morgan fingerprint density at radius 3 is 2.36 bits per heavy atom. The quantitative estimate of drug-likeness (QED) is 0.187. The molecule has 0 fully saturated rings. The molecule has 0 aliphatic carbocycles. The summed E-state index contributed by atoms with van der Waals surface area (Å²) in [4.78, 5) is 29.4. The van der Waals surface area contributed by atoms with Gasteiger partial charge in [-0.1, -0.05) is 24.3 Å². The summed E-state index contributed by atoms with van der Waals surface area (Å²) in [7, 11) is 0. The molecule has 0 saturated carbocycles. The first-order valence-corrected chi connectivity index (χ1v) is 13.4. The molecule has 0 radical (unpaired) electrons. The minimum Gasteiger partial charge on any atom is -0.492 e. The first kappa shape index (κ1) is 28.2. The van der Waals surface area contributed by atoms with Crippen LogP contribution >= 0.6 is 0 Å². The van der Waals surface area contributed by atoms with E-state index in [0.29, 0.717) is 47.3 Å². The number of amides is 2. The molecule has 42 heavy (non-hydrogen) atoms. The van der Waals surface area contributed by atoms with Gasteiger partial charge in [0.2, 0.25) is 5.95 Å². The Balaban J connectivity index is 1.28. The number of carbonyl (C=O) groups excluding carboxylic acids is 2. The highest BCUT2D eigenvalue weighted by molar-refractivity contribution is 5.95. The Morgan fingerprint density at radius 2 is 1.62 bits per heavy atom. The molecule has 5 rings (SSSR count). The lowest BCUT2D eigenvalue weighted by molar-refractivity contribution is 0.0939. The highest BCUT2D eigenvalue weighted by atomic mass is 19.1. The van der Waals surface area contributed by atoms with Crippen LogP contribution in [0.4, 0.5) is 16.0 Å². The Bertz CT molecular complexity index is 1700. The third kappa shape index (κ3) is 6.70. The van der Waals surface area contributed by atoms with Crippen LogP contribution in [0.1, 0.15) is 33.2 Å². The van der Waals surface area contributed by atoms with Crippen molar-refractivity contribution in [1.82, 2.24) is 25.2 Å². The van der Waals surface area contributed by atoms with Gasteiger partial charge in [0.25, 0.3) is 11.8 Å². The molecule has 5 aromatic rings. The zero-order valence-electron chi connectivity index (χ0n) is 22.8. The van der Waals surface area contributed by atoms with E-state index in [9.17, 15) is 14.0 Å². The van der Waals surface area contributed by atoms with E-state index < -0.39 is 0 Å². The van der Waals surface area contributed by atoms with Gasteiger partial charge in [-0.3, -0.25) is 9.59 Å². The smallest absolute Gasteiger partial charge is 0.251 e. The van der Waals surface area contributed by atoms with Gasteiger partial charge in [0.05, 0.1) is 18.9 Å². The summed E-state index contributed by atoms with van der Waals surface area (Å²) >= 11 is 0. The SMILES string of the molecule is CCOc1cc(C(=O)NCCO)ccc1Nc1nc2ccc(-c3ccc(C(=O)NCc4ccc(F)cc4)cc3)cn2n1. The number of pyridine rings is 1. The number of aliphatic hydroxyl groups is 1. The molecule has 0 atom stereocenters. The van der Waals surface area contributed by atoms with Crippen LogP contribution in [0.3, 0.4) is 0 Å². The van der Waals surface area contributed by atoms with Gasteiger partial charge in [-0.15, -0.1) is 5.10 Å². The summed E-state index contributed by atoms with van der Waals surface area (Å²) in [5.74, 6) is -0.0394. The fraction of sp³-hybridized carbons (Fsp3) is 0.161. The Hall–Kier alpha value is -5.29. The number of nitrogens with zero attached hydrogens (tertiary/aromatic N) is 3. The number of hydrogen-bond donors (Lipinski definition) is 4. The van der Waals surface area contributed by atoms with Gasteiger partial charge in [-0.2, -0.15) is 4.98 Å². The molecule has 0 saturated heterocycles. The molecule has 0 unspecified atom stereocenters. The van der Waals surface area contributed by atoms with Crippen LogP contribution < -0.4 is 20.7 Å². The van der Waals surface area contributed by atoms with E-state index in [4.69, 9.17) is 9.84 Å². The van der Waals surface area contributed by atoms with Crippen molar-refractivity contribution in [2.45, 2.75) is 13.5 Å². The average Bonchev–Trinajstić information content (AvgIpc) is 3.42. The summed E-state index contributed by atoms with van der Waals surface area (Å²) in [5.41, 5.74) is 4.72. The third-order valence-corrected chi connectivity index (χ3v) is 6.37. The van der Waals surface area contributed by atoms with Crippen LogP contribution in [0.5, 0.6) is 5.75 Å². The Kier molecular flexibility index (Phi) is 8.69. The van der Waals surface area contributed by atoms with Gasteiger partial charge >= 0.3 is 0 Å². The molecular weight excluding hydrogens is 539 g/mol. The molecule has 0 aliphatic heterocycles. The predicted molar refractivity (Wildman–Crippen MR) is 156 cm³/mol. The molecule has 2 amide bonds. The van der Waals surface area contributed by atoms with Crippen molar-refractivity contribution >= 4 is 29.1 Å². The number of ether oxygens (including phenoxy) is 1. The molecule has 0 bridgehead atoms. The van der Waals surface area contributed by atoms with E-state index in [2.05, 4.69) is 26.0 Å². The van der Waals surface area contributed by atoms with Gasteiger partial charge in [0.15, 0.2) is 5.65 Å². The van der Waals surface area contributed by atoms with Gasteiger partial charge in [-0.05, 0) is 72.6 Å². The van der Waals surface area contributed by atoms with Crippen molar-refractivity contribution in [3.63, 3.8) is 0 Å². The summed E-state index contributed by atoms with van der Waals surface area (Å²) in [6.07, 6.45) is 1.84. The number of anilines is 2. The number of carbonyl (C=O) groups is 2. The molecule has 3 aromatic carbocycles. The summed E-state index contributed by atoms with van der Waals surface area (Å²) in [6.45, 7) is 2.56. The van der Waals surface area contributed by atoms with Gasteiger partial charge in [0, 0.05) is 36.0 Å². The molecular formula is C31H29FN6O4. The first-order valence-electron chi connectivity index (χ1n) is 13.4. The van der Waals surface area contributed by atoms with E-state index in [1.54, 1.807) is 47.0 Å². The first-order chi connectivity index (χ1) is 20.4. The van der Waals surface area contributed by atoms with Crippen LogP contribution in [-0.2, 0) is 6.54 Å². The second-order valence-corrected chi connectivity index (χ2v) is 9.29. The average molecular weight is 569 g/mol. The molecule has 2 aromatic heterocycles. The summed E-state index contributed by atoms with van der Waals surface area (Å²) < 4.78 is 20.5. The number of rotatable bonds is 11. The third-order valence-electron chi connectivity index (χ3n) is 6.37. The van der Waals surface area contributed by atoms with Crippen molar-refractivity contribution in [3.05, 3.63) is 108 Å². The van der Waals surface area contributed by atoms with Crippen molar-refractivity contribution in [3.8, 4) is 16.9 Å². The largest absolute Gasteiger partial charge is 0.492 e. The monoisotopic (exact) mass is 568 g/mol. The molecule has 0 spiro atoms. The topological polar surface area (TPSA) is 130 Å². The van der Waals surface area contributed by atoms with E-state index in [0.717, 1.165) is 16.7 Å². The molecule has 10 nitrogen and oxygen atoms in total. The fourth-order valence-electron chi connectivity index (χ4n) is 4.24. The minimum absolute atomic E-state index is 0.145. The highest BCUT2D eigenvalue weighted by Crippen LogP contribution is 2.29. The number of nitrogens with one attached hydrogen (secondary N) is 3. The normalized spacial score (nSPS) is 10.8. The van der Waals surface area contributed by atoms with Crippen molar-refractivity contribution in [2.75, 3.05) is 25.1 Å². The fourth-order valence-corrected chi connectivity index (χ4v) is 4.24. The summed E-state index contributed by atoms with van der Waals surface area (Å²) in [6, 6.07) is 22.0. The molecule has 214 valence electrons. The standard InChI is InChI=1S/C31H29FN6O4/c1-2-42-27-17-23(30(41)33-15-16-39)9-13-26(27)35-31-36-28-14-10-24(19-38(28)37-31)21-5-7-22(8-6-21)29(40)34-18-20-3-11-25(32)12-4-20/h3-14,17,19,39H,2,15-16,18H2,1H3,(H,33,41)(H,34,40)(H,35,37). The molecule has 2 heterocycles. The highest BCUT2D eigenvalue weighted by Gasteiger charge is 2.13. The summed E-state index contributed by atoms with van der Waals surface area (Å²) in [5, 5.41) is 22.1. The number of benzene rings is 3. The number of aromatic nitrogens is 3. The van der Waals surface area contributed by atoms with Crippen LogP contribution in [0.25, 0.3) is 16.8 Å². The lowest BCUT2D eigenvalue weighted by atomic mass is 10.1. The molecule has 4 N–H and O–H groups in total. The zero-order chi connectivity index (χ0) is 29.5. The van der Waals surface area contributed by atoms with E-state index in [-0.39, 0.29) is 30.8 Å². The predicted octanol–water partition coefficient (Wildman–Crippen LogP) is 4.33. The molecule has 11 heteroatoms. The number of aliphatic hydroxyl groups excluding tert-OH is 1. The van der Waals surface area contributed by atoms with E-state index in [1.807, 2.05) is 37.4 Å². The van der Waals surface area contributed by atoms with Crippen molar-refractivity contribution in [1.29, 1.82) is 0 Å². The van der Waals surface area contributed by atoms with Gasteiger partial charge < -0.3 is 25.8 Å². The van der Waals surface area contributed by atoms with Crippen molar-refractivity contribution < 1.29 is 23.8 Å². The van der Waals surface area contributed by atoms with Crippen LogP contribution in [0.2, 0.25) is 0 Å². The number of fused-ring (bicyclic) bond motifs is 1. The lowest BCUT2D eigenvalue weighted by Gasteiger charge is -2.12. The number of halogens is 1. The maximum Gasteiger partial charge on any atom is 0.251 e. The van der Waals surface area contributed by atoms with Gasteiger partial charge in [0.1, 0.15) is 11.6 Å². The minimum atomic E-state index is -0.318. The maximum absolute atomic E-state index is 13.1. The lowest BCUT2D eigenvalue weighted by Crippen LogP contribution is -2.26. The van der Waals surface area contributed by atoms with Crippen molar-refractivity contribution in [2.24, 2.45) is 0 Å². The van der Waals surface area contributed by atoms with Gasteiger partial charge in [-0.25, -0.2) is 8.91 Å². The second kappa shape index (κ2) is 12.9. The molecule has 0 aliphatic rings. The Morgan fingerprint density at radius 1 is 0.905 bits per heavy atom. The van der Waals surface area contributed by atoms with Crippen LogP contribution in [-0.4, -0.2) is 51.3 Å². The second-order valence-electron chi connectivity index (χ2n) is 9.29. The number of hydrogen-bond acceptors (Lipinski definition) is 7.